The smallest absolute Gasteiger partial charge is 0.198 e. The molecule has 0 radical (unpaired) electrons. The molecule has 0 bridgehead atoms. The first-order chi connectivity index (χ1) is 9.22. The SMILES string of the molecule is O=C(CCc1ccco1)c1cc2cc(Cl)ccc2o1. The van der Waals surface area contributed by atoms with Gasteiger partial charge in [-0.15, -0.1) is 0 Å². The van der Waals surface area contributed by atoms with Crippen molar-refractivity contribution in [2.45, 2.75) is 12.8 Å². The number of carbonyl (C=O) groups excluding carboxylic acids is 1. The van der Waals surface area contributed by atoms with Crippen LogP contribution < -0.4 is 0 Å². The third kappa shape index (κ3) is 2.56. The highest BCUT2D eigenvalue weighted by Crippen LogP contribution is 2.24. The quantitative estimate of drug-likeness (QED) is 0.658. The second-order valence-corrected chi connectivity index (χ2v) is 4.73. The molecule has 0 N–H and O–H groups in total. The lowest BCUT2D eigenvalue weighted by atomic mass is 10.1. The van der Waals surface area contributed by atoms with Crippen LogP contribution in [0.5, 0.6) is 0 Å². The molecule has 0 saturated heterocycles. The average molecular weight is 275 g/mol. The van der Waals surface area contributed by atoms with E-state index in [4.69, 9.17) is 20.4 Å². The van der Waals surface area contributed by atoms with E-state index in [2.05, 4.69) is 0 Å². The van der Waals surface area contributed by atoms with Crippen molar-refractivity contribution in [3.63, 3.8) is 0 Å². The van der Waals surface area contributed by atoms with Crippen molar-refractivity contribution in [1.82, 2.24) is 0 Å². The maximum Gasteiger partial charge on any atom is 0.198 e. The molecule has 0 saturated carbocycles. The summed E-state index contributed by atoms with van der Waals surface area (Å²) in [4.78, 5) is 12.0. The number of hydrogen-bond acceptors (Lipinski definition) is 3. The molecule has 3 nitrogen and oxygen atoms in total. The summed E-state index contributed by atoms with van der Waals surface area (Å²) in [5.41, 5.74) is 0.672. The number of furan rings is 2. The summed E-state index contributed by atoms with van der Waals surface area (Å²) >= 11 is 5.90. The number of benzene rings is 1. The third-order valence-corrected chi connectivity index (χ3v) is 3.17. The Labute approximate surface area is 114 Å². The van der Waals surface area contributed by atoms with E-state index in [0.717, 1.165) is 11.1 Å². The Balaban J connectivity index is 1.77. The fourth-order valence-electron chi connectivity index (χ4n) is 1.97. The molecule has 0 fully saturated rings. The molecule has 0 aliphatic heterocycles. The predicted octanol–water partition coefficient (Wildman–Crippen LogP) is 4.49. The molecule has 2 heterocycles. The lowest BCUT2D eigenvalue weighted by Gasteiger charge is -1.94. The second kappa shape index (κ2) is 4.94. The molecule has 19 heavy (non-hydrogen) atoms. The highest BCUT2D eigenvalue weighted by molar-refractivity contribution is 6.31. The van der Waals surface area contributed by atoms with E-state index < -0.39 is 0 Å². The molecule has 96 valence electrons. The first-order valence-electron chi connectivity index (χ1n) is 5.97. The number of aryl methyl sites for hydroxylation is 1. The minimum atomic E-state index is -0.0382. The van der Waals surface area contributed by atoms with E-state index in [1.54, 1.807) is 30.5 Å². The van der Waals surface area contributed by atoms with Crippen molar-refractivity contribution >= 4 is 28.4 Å². The zero-order valence-corrected chi connectivity index (χ0v) is 10.8. The normalized spacial score (nSPS) is 11.0. The van der Waals surface area contributed by atoms with Gasteiger partial charge in [0, 0.05) is 23.3 Å². The molecule has 0 spiro atoms. The molecule has 0 aliphatic carbocycles. The van der Waals surface area contributed by atoms with Crippen molar-refractivity contribution < 1.29 is 13.6 Å². The van der Waals surface area contributed by atoms with E-state index in [1.165, 1.54) is 0 Å². The first-order valence-corrected chi connectivity index (χ1v) is 6.35. The fraction of sp³-hybridized carbons (Fsp3) is 0.133. The summed E-state index contributed by atoms with van der Waals surface area (Å²) < 4.78 is 10.7. The molecule has 3 aromatic rings. The molecule has 1 aromatic carbocycles. The van der Waals surface area contributed by atoms with E-state index in [1.807, 2.05) is 12.1 Å². The van der Waals surface area contributed by atoms with Crippen molar-refractivity contribution in [2.75, 3.05) is 0 Å². The van der Waals surface area contributed by atoms with Gasteiger partial charge in [-0.1, -0.05) is 11.6 Å². The maximum atomic E-state index is 12.0. The Morgan fingerprint density at radius 3 is 2.89 bits per heavy atom. The number of carbonyl (C=O) groups is 1. The van der Waals surface area contributed by atoms with Crippen LogP contribution in [0.15, 0.2) is 51.5 Å². The Hall–Kier alpha value is -2.00. The Bertz CT molecular complexity index is 710. The van der Waals surface area contributed by atoms with Crippen LogP contribution >= 0.6 is 11.6 Å². The highest BCUT2D eigenvalue weighted by Gasteiger charge is 2.13. The predicted molar refractivity (Wildman–Crippen MR) is 72.6 cm³/mol. The molecule has 3 rings (SSSR count). The number of halogens is 1. The monoisotopic (exact) mass is 274 g/mol. The van der Waals surface area contributed by atoms with Crippen molar-refractivity contribution in [1.29, 1.82) is 0 Å². The van der Waals surface area contributed by atoms with Crippen LogP contribution in [-0.2, 0) is 6.42 Å². The van der Waals surface area contributed by atoms with Gasteiger partial charge < -0.3 is 8.83 Å². The van der Waals surface area contributed by atoms with Gasteiger partial charge in [0.15, 0.2) is 11.5 Å². The molecule has 2 aromatic heterocycles. The molecular formula is C15H11ClO3. The van der Waals surface area contributed by atoms with Crippen LogP contribution in [0.2, 0.25) is 5.02 Å². The van der Waals surface area contributed by atoms with Crippen molar-refractivity contribution in [3.8, 4) is 0 Å². The van der Waals surface area contributed by atoms with Crippen LogP contribution in [0.25, 0.3) is 11.0 Å². The molecule has 0 atom stereocenters. The average Bonchev–Trinajstić information content (AvgIpc) is 3.04. The first kappa shape index (κ1) is 12.1. The van der Waals surface area contributed by atoms with Crippen LogP contribution in [0.1, 0.15) is 22.7 Å². The topological polar surface area (TPSA) is 43.4 Å². The lowest BCUT2D eigenvalue weighted by Crippen LogP contribution is -1.98. The summed E-state index contributed by atoms with van der Waals surface area (Å²) in [5.74, 6) is 1.13. The molecule has 0 unspecified atom stereocenters. The Morgan fingerprint density at radius 1 is 1.21 bits per heavy atom. The summed E-state index contributed by atoms with van der Waals surface area (Å²) in [5, 5.41) is 1.47. The lowest BCUT2D eigenvalue weighted by molar-refractivity contribution is 0.0956. The molecular weight excluding hydrogens is 264 g/mol. The van der Waals surface area contributed by atoms with Crippen molar-refractivity contribution in [2.24, 2.45) is 0 Å². The number of Topliss-reactive ketones (excluding diaryl/α,β-unsaturated/α-hetero) is 1. The van der Waals surface area contributed by atoms with Gasteiger partial charge in [0.05, 0.1) is 6.26 Å². The number of ketones is 1. The van der Waals surface area contributed by atoms with Gasteiger partial charge in [-0.3, -0.25) is 4.79 Å². The second-order valence-electron chi connectivity index (χ2n) is 4.30. The van der Waals surface area contributed by atoms with Crippen LogP contribution in [0.3, 0.4) is 0 Å². The van der Waals surface area contributed by atoms with Gasteiger partial charge in [0.25, 0.3) is 0 Å². The van der Waals surface area contributed by atoms with Gasteiger partial charge in [-0.2, -0.15) is 0 Å². The van der Waals surface area contributed by atoms with E-state index >= 15 is 0 Å². The van der Waals surface area contributed by atoms with Gasteiger partial charge in [-0.05, 0) is 36.4 Å². The zero-order valence-electron chi connectivity index (χ0n) is 10.1. The number of rotatable bonds is 4. The van der Waals surface area contributed by atoms with Gasteiger partial charge in [-0.25, -0.2) is 0 Å². The van der Waals surface area contributed by atoms with E-state index in [9.17, 15) is 4.79 Å². The molecule has 0 aliphatic rings. The highest BCUT2D eigenvalue weighted by atomic mass is 35.5. The van der Waals surface area contributed by atoms with E-state index in [-0.39, 0.29) is 5.78 Å². The van der Waals surface area contributed by atoms with Crippen LogP contribution in [0, 0.1) is 0 Å². The van der Waals surface area contributed by atoms with Crippen LogP contribution in [0.4, 0.5) is 0 Å². The van der Waals surface area contributed by atoms with Crippen LogP contribution in [-0.4, -0.2) is 5.78 Å². The largest absolute Gasteiger partial charge is 0.469 e. The minimum absolute atomic E-state index is 0.0382. The Kier molecular flexibility index (Phi) is 3.13. The standard InChI is InChI=1S/C15H11ClO3/c16-11-3-6-14-10(8-11)9-15(19-14)13(17)5-4-12-2-1-7-18-12/h1-3,6-9H,4-5H2. The molecule has 0 amide bonds. The number of fused-ring (bicyclic) bond motifs is 1. The fourth-order valence-corrected chi connectivity index (χ4v) is 2.15. The maximum absolute atomic E-state index is 12.0. The number of hydrogen-bond donors (Lipinski definition) is 0. The van der Waals surface area contributed by atoms with Crippen molar-refractivity contribution in [3.05, 3.63) is 59.2 Å². The van der Waals surface area contributed by atoms with Gasteiger partial charge in [0.1, 0.15) is 11.3 Å². The van der Waals surface area contributed by atoms with E-state index in [0.29, 0.717) is 29.2 Å². The Morgan fingerprint density at radius 2 is 2.11 bits per heavy atom. The molecule has 4 heteroatoms. The summed E-state index contributed by atoms with van der Waals surface area (Å²) in [6.45, 7) is 0. The minimum Gasteiger partial charge on any atom is -0.469 e. The van der Waals surface area contributed by atoms with Gasteiger partial charge >= 0.3 is 0 Å². The third-order valence-electron chi connectivity index (χ3n) is 2.93. The summed E-state index contributed by atoms with van der Waals surface area (Å²) in [6.07, 6.45) is 2.54. The zero-order chi connectivity index (χ0) is 13.2. The summed E-state index contributed by atoms with van der Waals surface area (Å²) in [6, 6.07) is 10.7. The van der Waals surface area contributed by atoms with Gasteiger partial charge in [0.2, 0.25) is 0 Å². The summed E-state index contributed by atoms with van der Waals surface area (Å²) in [7, 11) is 0.